The lowest BCUT2D eigenvalue weighted by molar-refractivity contribution is 0.273. The largest absolute Gasteiger partial charge is 0.395 e. The third-order valence-corrected chi connectivity index (χ3v) is 2.64. The van der Waals surface area contributed by atoms with Crippen molar-refractivity contribution in [1.29, 1.82) is 0 Å². The predicted octanol–water partition coefficient (Wildman–Crippen LogP) is 0.739. The number of benzene rings is 1. The molecule has 0 aliphatic heterocycles. The van der Waals surface area contributed by atoms with E-state index < -0.39 is 0 Å². The van der Waals surface area contributed by atoms with Gasteiger partial charge in [0.05, 0.1) is 19.7 Å². The van der Waals surface area contributed by atoms with Gasteiger partial charge in [0.25, 0.3) is 0 Å². The Morgan fingerprint density at radius 2 is 2.00 bits per heavy atom. The molecule has 1 aromatic heterocycles. The van der Waals surface area contributed by atoms with Gasteiger partial charge in [0.1, 0.15) is 6.33 Å². The normalized spacial score (nSPS) is 10.7. The molecule has 2 aromatic rings. The van der Waals surface area contributed by atoms with Gasteiger partial charge in [-0.05, 0) is 17.7 Å². The zero-order valence-electron chi connectivity index (χ0n) is 9.08. The standard InChI is InChI=1S/C11H12ClN3O2/c12-10-3-1-9(2-4-10)7-15-11(17)14(5-6-16)8-13-15/h1-4,8,16H,5-7H2. The first-order valence-corrected chi connectivity index (χ1v) is 5.56. The van der Waals surface area contributed by atoms with Crippen LogP contribution in [0, 0.1) is 0 Å². The fourth-order valence-electron chi connectivity index (χ4n) is 1.50. The number of nitrogens with zero attached hydrogens (tertiary/aromatic N) is 3. The molecule has 0 atom stereocenters. The molecule has 1 aromatic carbocycles. The van der Waals surface area contributed by atoms with E-state index in [4.69, 9.17) is 16.7 Å². The van der Waals surface area contributed by atoms with Gasteiger partial charge in [0.15, 0.2) is 0 Å². The molecular formula is C11H12ClN3O2. The highest BCUT2D eigenvalue weighted by molar-refractivity contribution is 6.30. The third kappa shape index (κ3) is 2.75. The Kier molecular flexibility index (Phi) is 3.61. The van der Waals surface area contributed by atoms with E-state index in [1.165, 1.54) is 15.6 Å². The smallest absolute Gasteiger partial charge is 0.346 e. The van der Waals surface area contributed by atoms with Crippen molar-refractivity contribution in [2.75, 3.05) is 6.61 Å². The number of halogens is 1. The van der Waals surface area contributed by atoms with Gasteiger partial charge in [0, 0.05) is 5.02 Å². The van der Waals surface area contributed by atoms with Crippen LogP contribution >= 0.6 is 11.6 Å². The van der Waals surface area contributed by atoms with Crippen molar-refractivity contribution >= 4 is 11.6 Å². The summed E-state index contributed by atoms with van der Waals surface area (Å²) < 4.78 is 2.72. The number of hydrogen-bond donors (Lipinski definition) is 1. The summed E-state index contributed by atoms with van der Waals surface area (Å²) in [5.74, 6) is 0. The Hall–Kier alpha value is -1.59. The van der Waals surface area contributed by atoms with Crippen LogP contribution in [0.4, 0.5) is 0 Å². The summed E-state index contributed by atoms with van der Waals surface area (Å²) in [4.78, 5) is 11.8. The second-order valence-electron chi connectivity index (χ2n) is 3.61. The first-order chi connectivity index (χ1) is 8.20. The average molecular weight is 254 g/mol. The minimum absolute atomic E-state index is 0.0768. The van der Waals surface area contributed by atoms with Crippen LogP contribution < -0.4 is 5.69 Å². The average Bonchev–Trinajstić information content (AvgIpc) is 2.65. The lowest BCUT2D eigenvalue weighted by atomic mass is 10.2. The van der Waals surface area contributed by atoms with Crippen LogP contribution in [0.3, 0.4) is 0 Å². The molecular weight excluding hydrogens is 242 g/mol. The third-order valence-electron chi connectivity index (χ3n) is 2.38. The molecule has 0 spiro atoms. The second-order valence-corrected chi connectivity index (χ2v) is 4.05. The first-order valence-electron chi connectivity index (χ1n) is 5.18. The molecule has 1 heterocycles. The number of hydrogen-bond acceptors (Lipinski definition) is 3. The van der Waals surface area contributed by atoms with E-state index in [2.05, 4.69) is 5.10 Å². The van der Waals surface area contributed by atoms with E-state index in [9.17, 15) is 4.79 Å². The summed E-state index contributed by atoms with van der Waals surface area (Å²) >= 11 is 5.78. The summed E-state index contributed by atoms with van der Waals surface area (Å²) in [5, 5.41) is 13.4. The van der Waals surface area contributed by atoms with Crippen molar-refractivity contribution in [3.63, 3.8) is 0 Å². The highest BCUT2D eigenvalue weighted by Gasteiger charge is 2.04. The molecule has 0 unspecified atom stereocenters. The number of rotatable bonds is 4. The second kappa shape index (κ2) is 5.16. The summed E-state index contributed by atoms with van der Waals surface area (Å²) in [5.41, 5.74) is 0.722. The van der Waals surface area contributed by atoms with E-state index in [1.54, 1.807) is 12.1 Å². The number of aliphatic hydroxyl groups is 1. The molecule has 5 nitrogen and oxygen atoms in total. The molecule has 0 saturated heterocycles. The van der Waals surface area contributed by atoms with Crippen molar-refractivity contribution in [3.8, 4) is 0 Å². The van der Waals surface area contributed by atoms with Crippen LogP contribution in [0.5, 0.6) is 0 Å². The van der Waals surface area contributed by atoms with Crippen LogP contribution in [0.1, 0.15) is 5.56 Å². The quantitative estimate of drug-likeness (QED) is 0.874. The van der Waals surface area contributed by atoms with Crippen molar-refractivity contribution in [2.24, 2.45) is 0 Å². The summed E-state index contributed by atoms with van der Waals surface area (Å²) in [6.07, 6.45) is 1.43. The van der Waals surface area contributed by atoms with Crippen LogP contribution in [0.25, 0.3) is 0 Å². The molecule has 0 fully saturated rings. The minimum Gasteiger partial charge on any atom is -0.395 e. The fourth-order valence-corrected chi connectivity index (χ4v) is 1.63. The number of aromatic nitrogens is 3. The number of aliphatic hydroxyl groups excluding tert-OH is 1. The lowest BCUT2D eigenvalue weighted by Gasteiger charge is -2.00. The van der Waals surface area contributed by atoms with Gasteiger partial charge in [-0.1, -0.05) is 23.7 Å². The van der Waals surface area contributed by atoms with E-state index in [1.807, 2.05) is 12.1 Å². The van der Waals surface area contributed by atoms with Crippen LogP contribution in [0.2, 0.25) is 5.02 Å². The molecule has 0 amide bonds. The van der Waals surface area contributed by atoms with Crippen molar-refractivity contribution in [1.82, 2.24) is 14.3 Å². The maximum Gasteiger partial charge on any atom is 0.346 e. The zero-order valence-corrected chi connectivity index (χ0v) is 9.84. The van der Waals surface area contributed by atoms with Gasteiger partial charge >= 0.3 is 5.69 Å². The molecule has 2 rings (SSSR count). The minimum atomic E-state index is -0.228. The molecule has 17 heavy (non-hydrogen) atoms. The Balaban J connectivity index is 2.19. The van der Waals surface area contributed by atoms with Crippen LogP contribution in [-0.2, 0) is 13.1 Å². The van der Waals surface area contributed by atoms with Gasteiger partial charge in [0.2, 0.25) is 0 Å². The van der Waals surface area contributed by atoms with Crippen molar-refractivity contribution in [3.05, 3.63) is 51.7 Å². The Bertz CT molecular complexity index is 545. The SMILES string of the molecule is O=c1n(CCO)cnn1Cc1ccc(Cl)cc1. The first kappa shape index (κ1) is 11.9. The van der Waals surface area contributed by atoms with Gasteiger partial charge in [-0.15, -0.1) is 0 Å². The summed E-state index contributed by atoms with van der Waals surface area (Å²) in [6, 6.07) is 7.24. The molecule has 0 aliphatic carbocycles. The molecule has 0 radical (unpaired) electrons. The van der Waals surface area contributed by atoms with Gasteiger partial charge in [-0.25, -0.2) is 9.48 Å². The maximum absolute atomic E-state index is 11.8. The Labute approximate surface area is 103 Å². The van der Waals surface area contributed by atoms with E-state index in [0.29, 0.717) is 11.6 Å². The van der Waals surface area contributed by atoms with Crippen LogP contribution in [-0.4, -0.2) is 26.1 Å². The van der Waals surface area contributed by atoms with Gasteiger partial charge in [-0.2, -0.15) is 5.10 Å². The van der Waals surface area contributed by atoms with Gasteiger partial charge < -0.3 is 5.11 Å². The summed E-state index contributed by atoms with van der Waals surface area (Å²) in [7, 11) is 0. The highest BCUT2D eigenvalue weighted by Crippen LogP contribution is 2.09. The fraction of sp³-hybridized carbons (Fsp3) is 0.273. The predicted molar refractivity (Wildman–Crippen MR) is 64.1 cm³/mol. The molecule has 1 N–H and O–H groups in total. The molecule has 0 bridgehead atoms. The molecule has 90 valence electrons. The molecule has 0 saturated carbocycles. The summed E-state index contributed by atoms with van der Waals surface area (Å²) in [6.45, 7) is 0.584. The van der Waals surface area contributed by atoms with E-state index >= 15 is 0 Å². The maximum atomic E-state index is 11.8. The lowest BCUT2D eigenvalue weighted by Crippen LogP contribution is -2.26. The van der Waals surface area contributed by atoms with Gasteiger partial charge in [-0.3, -0.25) is 4.57 Å². The molecule has 6 heteroatoms. The Morgan fingerprint density at radius 1 is 1.29 bits per heavy atom. The van der Waals surface area contributed by atoms with Crippen LogP contribution in [0.15, 0.2) is 35.4 Å². The van der Waals surface area contributed by atoms with Crippen molar-refractivity contribution in [2.45, 2.75) is 13.1 Å². The topological polar surface area (TPSA) is 60.1 Å². The monoisotopic (exact) mass is 253 g/mol. The van der Waals surface area contributed by atoms with Crippen molar-refractivity contribution < 1.29 is 5.11 Å². The highest BCUT2D eigenvalue weighted by atomic mass is 35.5. The zero-order chi connectivity index (χ0) is 12.3. The molecule has 0 aliphatic rings. The Morgan fingerprint density at radius 3 is 2.65 bits per heavy atom. The van der Waals surface area contributed by atoms with E-state index in [-0.39, 0.29) is 18.8 Å². The van der Waals surface area contributed by atoms with E-state index in [0.717, 1.165) is 5.56 Å².